The lowest BCUT2D eigenvalue weighted by atomic mass is 10.2. The van der Waals surface area contributed by atoms with Gasteiger partial charge in [-0.25, -0.2) is 9.37 Å². The molecule has 25 heavy (non-hydrogen) atoms. The Kier molecular flexibility index (Phi) is 5.25. The second kappa shape index (κ2) is 7.42. The highest BCUT2D eigenvalue weighted by molar-refractivity contribution is 7.18. The van der Waals surface area contributed by atoms with Gasteiger partial charge in [0.05, 0.1) is 23.1 Å². The highest BCUT2D eigenvalue weighted by Crippen LogP contribution is 2.38. The number of rotatable bonds is 5. The predicted molar refractivity (Wildman–Crippen MR) is 99.1 cm³/mol. The van der Waals surface area contributed by atoms with Gasteiger partial charge in [-0.05, 0) is 44.2 Å². The lowest BCUT2D eigenvalue weighted by molar-refractivity contribution is 0.242. The molecule has 3 nitrogen and oxygen atoms in total. The van der Waals surface area contributed by atoms with Gasteiger partial charge < -0.3 is 9.47 Å². The first-order valence-corrected chi connectivity index (χ1v) is 8.85. The van der Waals surface area contributed by atoms with E-state index in [-0.39, 0.29) is 11.9 Å². The molecule has 0 atom stereocenters. The zero-order chi connectivity index (χ0) is 18.0. The van der Waals surface area contributed by atoms with E-state index < -0.39 is 0 Å². The van der Waals surface area contributed by atoms with E-state index in [4.69, 9.17) is 21.1 Å². The van der Waals surface area contributed by atoms with E-state index in [0.717, 1.165) is 15.4 Å². The Morgan fingerprint density at radius 2 is 2.08 bits per heavy atom. The Labute approximate surface area is 155 Å². The summed E-state index contributed by atoms with van der Waals surface area (Å²) >= 11 is 7.72. The molecule has 0 N–H and O–H groups in total. The van der Waals surface area contributed by atoms with Crippen molar-refractivity contribution < 1.29 is 13.9 Å². The smallest absolute Gasteiger partial charge is 0.138 e. The molecule has 1 heterocycles. The van der Waals surface area contributed by atoms with Gasteiger partial charge in [-0.1, -0.05) is 11.6 Å². The van der Waals surface area contributed by atoms with E-state index in [0.29, 0.717) is 22.1 Å². The summed E-state index contributed by atoms with van der Waals surface area (Å²) in [7, 11) is 1.53. The first kappa shape index (κ1) is 17.7. The van der Waals surface area contributed by atoms with E-state index in [9.17, 15) is 4.39 Å². The van der Waals surface area contributed by atoms with Crippen LogP contribution in [-0.4, -0.2) is 18.2 Å². The number of hydrogen-bond acceptors (Lipinski definition) is 4. The lowest BCUT2D eigenvalue weighted by Gasteiger charge is -2.11. The molecule has 129 valence electrons. The van der Waals surface area contributed by atoms with Crippen molar-refractivity contribution in [2.75, 3.05) is 7.11 Å². The van der Waals surface area contributed by atoms with Gasteiger partial charge >= 0.3 is 0 Å². The Hall–Kier alpha value is -2.11. The van der Waals surface area contributed by atoms with E-state index in [1.807, 2.05) is 32.0 Å². The summed E-state index contributed by atoms with van der Waals surface area (Å²) in [5, 5.41) is 1.30. The fourth-order valence-corrected chi connectivity index (χ4v) is 3.48. The SMILES string of the molecule is COc1[c]cc(F)cc1-c1cnc(-c2ccc(OC(C)C)c(Cl)c2)s1. The summed E-state index contributed by atoms with van der Waals surface area (Å²) in [4.78, 5) is 5.22. The van der Waals surface area contributed by atoms with Crippen LogP contribution in [0.15, 0.2) is 36.5 Å². The number of methoxy groups -OCH3 is 1. The van der Waals surface area contributed by atoms with Crippen molar-refractivity contribution in [1.82, 2.24) is 4.98 Å². The minimum Gasteiger partial charge on any atom is -0.495 e. The number of ether oxygens (including phenoxy) is 2. The molecule has 0 spiro atoms. The second-order valence-electron chi connectivity index (χ2n) is 5.61. The molecule has 0 unspecified atom stereocenters. The van der Waals surface area contributed by atoms with E-state index in [1.54, 1.807) is 6.20 Å². The second-order valence-corrected chi connectivity index (χ2v) is 7.04. The van der Waals surface area contributed by atoms with Crippen molar-refractivity contribution in [2.45, 2.75) is 20.0 Å². The van der Waals surface area contributed by atoms with Gasteiger partial charge in [0, 0.05) is 23.4 Å². The molecule has 0 fully saturated rings. The van der Waals surface area contributed by atoms with Crippen molar-refractivity contribution in [3.8, 4) is 32.5 Å². The third kappa shape index (κ3) is 3.94. The van der Waals surface area contributed by atoms with Crippen molar-refractivity contribution in [3.05, 3.63) is 53.4 Å². The van der Waals surface area contributed by atoms with Crippen LogP contribution in [0.3, 0.4) is 0 Å². The van der Waals surface area contributed by atoms with Crippen LogP contribution in [0.4, 0.5) is 4.39 Å². The van der Waals surface area contributed by atoms with Gasteiger partial charge in [0.25, 0.3) is 0 Å². The van der Waals surface area contributed by atoms with E-state index in [2.05, 4.69) is 11.1 Å². The van der Waals surface area contributed by atoms with Gasteiger partial charge in [-0.3, -0.25) is 0 Å². The normalized spacial score (nSPS) is 11.0. The molecule has 6 heteroatoms. The highest BCUT2D eigenvalue weighted by Gasteiger charge is 2.14. The molecule has 1 aromatic heterocycles. The summed E-state index contributed by atoms with van der Waals surface area (Å²) in [6.07, 6.45) is 1.74. The molecule has 0 bridgehead atoms. The van der Waals surface area contributed by atoms with Crippen LogP contribution in [0, 0.1) is 11.9 Å². The molecule has 3 rings (SSSR count). The summed E-state index contributed by atoms with van der Waals surface area (Å²) in [6.45, 7) is 3.89. The molecule has 3 aromatic rings. The third-order valence-electron chi connectivity index (χ3n) is 3.38. The van der Waals surface area contributed by atoms with Crippen LogP contribution in [0.25, 0.3) is 21.0 Å². The fourth-order valence-electron chi connectivity index (χ4n) is 2.32. The largest absolute Gasteiger partial charge is 0.495 e. The monoisotopic (exact) mass is 376 g/mol. The van der Waals surface area contributed by atoms with Crippen LogP contribution in [0.1, 0.15) is 13.8 Å². The third-order valence-corrected chi connectivity index (χ3v) is 4.76. The minimum absolute atomic E-state index is 0.0477. The van der Waals surface area contributed by atoms with Crippen molar-refractivity contribution in [1.29, 1.82) is 0 Å². The van der Waals surface area contributed by atoms with Gasteiger partial charge in [0.2, 0.25) is 0 Å². The van der Waals surface area contributed by atoms with Gasteiger partial charge in [-0.15, -0.1) is 11.3 Å². The molecule has 0 saturated carbocycles. The topological polar surface area (TPSA) is 31.4 Å². The number of halogens is 2. The van der Waals surface area contributed by atoms with Gasteiger partial charge in [0.15, 0.2) is 0 Å². The summed E-state index contributed by atoms with van der Waals surface area (Å²) < 4.78 is 24.5. The molecule has 1 radical (unpaired) electrons. The van der Waals surface area contributed by atoms with E-state index in [1.165, 1.54) is 30.6 Å². The van der Waals surface area contributed by atoms with Crippen molar-refractivity contribution >= 4 is 22.9 Å². The molecular weight excluding hydrogens is 361 g/mol. The Morgan fingerprint density at radius 3 is 2.76 bits per heavy atom. The fraction of sp³-hybridized carbons (Fsp3) is 0.211. The average Bonchev–Trinajstić information content (AvgIpc) is 3.06. The number of thiazole rings is 1. The average molecular weight is 377 g/mol. The zero-order valence-corrected chi connectivity index (χ0v) is 15.5. The van der Waals surface area contributed by atoms with Gasteiger partial charge in [-0.2, -0.15) is 0 Å². The van der Waals surface area contributed by atoms with Crippen LogP contribution in [0.5, 0.6) is 11.5 Å². The molecule has 0 aliphatic rings. The molecule has 0 amide bonds. The minimum atomic E-state index is -0.371. The summed E-state index contributed by atoms with van der Waals surface area (Å²) in [5.74, 6) is 0.748. The molecular formula is C19H16ClFNO2S. The maximum absolute atomic E-state index is 13.6. The molecule has 0 aliphatic heterocycles. The number of benzene rings is 2. The van der Waals surface area contributed by atoms with Crippen LogP contribution < -0.4 is 9.47 Å². The van der Waals surface area contributed by atoms with Crippen molar-refractivity contribution in [2.24, 2.45) is 0 Å². The Morgan fingerprint density at radius 1 is 1.28 bits per heavy atom. The zero-order valence-electron chi connectivity index (χ0n) is 14.0. The molecule has 0 saturated heterocycles. The maximum Gasteiger partial charge on any atom is 0.138 e. The van der Waals surface area contributed by atoms with Crippen LogP contribution >= 0.6 is 22.9 Å². The first-order chi connectivity index (χ1) is 12.0. The van der Waals surface area contributed by atoms with Crippen LogP contribution in [0.2, 0.25) is 5.02 Å². The summed E-state index contributed by atoms with van der Waals surface area (Å²) in [5.41, 5.74) is 1.49. The number of hydrogen-bond donors (Lipinski definition) is 0. The number of aromatic nitrogens is 1. The van der Waals surface area contributed by atoms with Gasteiger partial charge in [0.1, 0.15) is 22.3 Å². The Balaban J connectivity index is 1.94. The maximum atomic E-state index is 13.6. The molecule has 0 aliphatic carbocycles. The Bertz CT molecular complexity index is 895. The quantitative estimate of drug-likeness (QED) is 0.558. The molecule has 2 aromatic carbocycles. The predicted octanol–water partition coefficient (Wildman–Crippen LogP) is 5.87. The first-order valence-electron chi connectivity index (χ1n) is 7.66. The summed E-state index contributed by atoms with van der Waals surface area (Å²) in [6, 6.07) is 11.0. The van der Waals surface area contributed by atoms with Crippen molar-refractivity contribution in [3.63, 3.8) is 0 Å². The van der Waals surface area contributed by atoms with E-state index >= 15 is 0 Å². The standard InChI is InChI=1S/C19H16ClFNO2S/c1-11(2)24-17-6-4-12(8-15(17)20)19-22-10-18(25-19)14-9-13(21)5-7-16(14)23-3/h4-6,8-11H,1-3H3. The lowest BCUT2D eigenvalue weighted by Crippen LogP contribution is -2.05. The van der Waals surface area contributed by atoms with Crippen LogP contribution in [-0.2, 0) is 0 Å². The number of nitrogens with zero attached hydrogens (tertiary/aromatic N) is 1. The highest BCUT2D eigenvalue weighted by atomic mass is 35.5.